The lowest BCUT2D eigenvalue weighted by molar-refractivity contribution is -0.228. The molecule has 1 fully saturated rings. The summed E-state index contributed by atoms with van der Waals surface area (Å²) in [5.41, 5.74) is -2.44. The highest BCUT2D eigenvalue weighted by Crippen LogP contribution is 2.42. The normalized spacial score (nSPS) is 21.4. The Morgan fingerprint density at radius 1 is 1.25 bits per heavy atom. The largest absolute Gasteiger partial charge is 0.431 e. The van der Waals surface area contributed by atoms with Crippen molar-refractivity contribution in [1.82, 2.24) is 0 Å². The van der Waals surface area contributed by atoms with Crippen LogP contribution in [0.2, 0.25) is 0 Å². The first-order valence-corrected chi connectivity index (χ1v) is 7.18. The zero-order valence-corrected chi connectivity index (χ0v) is 12.3. The highest BCUT2D eigenvalue weighted by Gasteiger charge is 2.56. The van der Waals surface area contributed by atoms with E-state index in [-0.39, 0.29) is 12.2 Å². The quantitative estimate of drug-likeness (QED) is 0.539. The monoisotopic (exact) mass is 292 g/mol. The van der Waals surface area contributed by atoms with Gasteiger partial charge in [-0.3, -0.25) is 4.79 Å². The van der Waals surface area contributed by atoms with Crippen molar-refractivity contribution in [1.29, 1.82) is 0 Å². The van der Waals surface area contributed by atoms with E-state index in [0.717, 1.165) is 32.6 Å². The van der Waals surface area contributed by atoms with Gasteiger partial charge in [0.2, 0.25) is 0 Å². The van der Waals surface area contributed by atoms with Gasteiger partial charge in [0.15, 0.2) is 5.41 Å². The van der Waals surface area contributed by atoms with E-state index in [0.29, 0.717) is 5.92 Å². The van der Waals surface area contributed by atoms with Crippen LogP contribution >= 0.6 is 0 Å². The maximum atomic E-state index is 12.9. The first-order valence-electron chi connectivity index (χ1n) is 7.18. The van der Waals surface area contributed by atoms with Gasteiger partial charge in [-0.25, -0.2) is 0 Å². The maximum absolute atomic E-state index is 12.9. The number of hydrogen-bond donors (Lipinski definition) is 0. The Kier molecular flexibility index (Phi) is 5.66. The molecule has 0 aliphatic heterocycles. The van der Waals surface area contributed by atoms with Gasteiger partial charge in [0.05, 0.1) is 0 Å². The Labute approximate surface area is 118 Å². The fraction of sp³-hybridized carbons (Fsp3) is 0.800. The molecule has 1 rings (SSSR count). The fourth-order valence-electron chi connectivity index (χ4n) is 2.39. The first kappa shape index (κ1) is 17.1. The lowest BCUT2D eigenvalue weighted by atomic mass is 9.87. The number of alkyl halides is 3. The third-order valence-electron chi connectivity index (χ3n) is 4.16. The highest BCUT2D eigenvalue weighted by atomic mass is 19.4. The summed E-state index contributed by atoms with van der Waals surface area (Å²) >= 11 is 0. The number of halogens is 3. The lowest BCUT2D eigenvalue weighted by Crippen LogP contribution is -2.42. The molecule has 1 atom stereocenters. The molecule has 0 radical (unpaired) electrons. The van der Waals surface area contributed by atoms with Crippen LogP contribution in [0.25, 0.3) is 0 Å². The summed E-state index contributed by atoms with van der Waals surface area (Å²) in [6.07, 6.45) is 2.35. The molecule has 0 aromatic rings. The van der Waals surface area contributed by atoms with Gasteiger partial charge in [-0.15, -0.1) is 0 Å². The Morgan fingerprint density at radius 2 is 1.80 bits per heavy atom. The Hall–Kier alpha value is -1.00. The van der Waals surface area contributed by atoms with E-state index < -0.39 is 17.6 Å². The molecule has 0 bridgehead atoms. The van der Waals surface area contributed by atoms with Crippen LogP contribution < -0.4 is 0 Å². The molecule has 0 aromatic heterocycles. The topological polar surface area (TPSA) is 26.3 Å². The summed E-state index contributed by atoms with van der Waals surface area (Å²) < 4.78 is 43.8. The van der Waals surface area contributed by atoms with E-state index in [1.807, 2.05) is 0 Å². The number of esters is 1. The zero-order valence-electron chi connectivity index (χ0n) is 12.3. The van der Waals surface area contributed by atoms with Gasteiger partial charge in [-0.2, -0.15) is 13.2 Å². The lowest BCUT2D eigenvalue weighted by Gasteiger charge is -2.28. The summed E-state index contributed by atoms with van der Waals surface area (Å²) in [7, 11) is 0. The van der Waals surface area contributed by atoms with Crippen molar-refractivity contribution in [3.63, 3.8) is 0 Å². The molecular weight excluding hydrogens is 269 g/mol. The van der Waals surface area contributed by atoms with E-state index in [4.69, 9.17) is 4.74 Å². The Bertz CT molecular complexity index is 368. The number of hydrogen-bond acceptors (Lipinski definition) is 2. The fourth-order valence-corrected chi connectivity index (χ4v) is 2.39. The number of ether oxygens (including phenoxy) is 1. The Balaban J connectivity index is 2.70. The molecule has 1 aliphatic rings. The number of carbonyl (C=O) groups excluding carboxylic acids is 1. The van der Waals surface area contributed by atoms with E-state index in [2.05, 4.69) is 0 Å². The van der Waals surface area contributed by atoms with Crippen molar-refractivity contribution in [2.75, 3.05) is 0 Å². The molecule has 1 saturated carbocycles. The van der Waals surface area contributed by atoms with Crippen molar-refractivity contribution < 1.29 is 22.7 Å². The third-order valence-corrected chi connectivity index (χ3v) is 4.16. The van der Waals surface area contributed by atoms with Gasteiger partial charge < -0.3 is 4.74 Å². The average Bonchev–Trinajstić information content (AvgIpc) is 2.37. The van der Waals surface area contributed by atoms with E-state index >= 15 is 0 Å². The van der Waals surface area contributed by atoms with Crippen molar-refractivity contribution >= 4 is 5.97 Å². The third kappa shape index (κ3) is 4.00. The van der Waals surface area contributed by atoms with Crippen molar-refractivity contribution in [2.24, 2.45) is 11.3 Å². The van der Waals surface area contributed by atoms with E-state index in [1.54, 1.807) is 13.0 Å². The second-order valence-corrected chi connectivity index (χ2v) is 5.75. The van der Waals surface area contributed by atoms with Crippen LogP contribution in [0.4, 0.5) is 13.2 Å². The minimum atomic E-state index is -4.59. The molecule has 20 heavy (non-hydrogen) atoms. The molecule has 0 amide bonds. The average molecular weight is 292 g/mol. The molecule has 1 unspecified atom stereocenters. The van der Waals surface area contributed by atoms with Crippen LogP contribution in [0.3, 0.4) is 0 Å². The van der Waals surface area contributed by atoms with Gasteiger partial charge in [0.1, 0.15) is 5.76 Å². The van der Waals surface area contributed by atoms with Crippen LogP contribution in [0, 0.1) is 11.3 Å². The molecule has 0 N–H and O–H groups in total. The summed E-state index contributed by atoms with van der Waals surface area (Å²) in [6, 6.07) is 0. The van der Waals surface area contributed by atoms with Crippen LogP contribution in [0.15, 0.2) is 11.8 Å². The van der Waals surface area contributed by atoms with E-state index in [1.165, 1.54) is 13.3 Å². The first-order chi connectivity index (χ1) is 9.20. The van der Waals surface area contributed by atoms with E-state index in [9.17, 15) is 18.0 Å². The highest BCUT2D eigenvalue weighted by molar-refractivity contribution is 5.78. The predicted molar refractivity (Wildman–Crippen MR) is 70.9 cm³/mol. The van der Waals surface area contributed by atoms with Crippen LogP contribution in [0.5, 0.6) is 0 Å². The van der Waals surface area contributed by atoms with Gasteiger partial charge in [0.25, 0.3) is 0 Å². The summed E-state index contributed by atoms with van der Waals surface area (Å²) in [6.45, 7) is 3.79. The summed E-state index contributed by atoms with van der Waals surface area (Å²) in [5, 5.41) is 0. The van der Waals surface area contributed by atoms with Crippen LogP contribution in [-0.4, -0.2) is 12.1 Å². The second kappa shape index (κ2) is 6.64. The standard InChI is InChI=1S/C15H23F3O2/c1-4-14(3,15(16,17)18)13(19)20-11(2)10-12-8-6-5-7-9-12/h10,12H,4-9H2,1-3H3/b11-10-. The zero-order chi connectivity index (χ0) is 15.4. The molecule has 2 nitrogen and oxygen atoms in total. The number of carbonyl (C=O) groups is 1. The minimum absolute atomic E-state index is 0.283. The SMILES string of the molecule is CCC(C)(C(=O)O/C(C)=C\C1CCCCC1)C(F)(F)F. The smallest absolute Gasteiger partial charge is 0.404 e. The minimum Gasteiger partial charge on any atom is -0.431 e. The number of rotatable bonds is 4. The Morgan fingerprint density at radius 3 is 2.25 bits per heavy atom. The van der Waals surface area contributed by atoms with Gasteiger partial charge in [-0.05, 0) is 45.1 Å². The second-order valence-electron chi connectivity index (χ2n) is 5.75. The molecule has 0 aromatic carbocycles. The molecule has 0 saturated heterocycles. The summed E-state index contributed by atoms with van der Waals surface area (Å²) in [4.78, 5) is 11.8. The van der Waals surface area contributed by atoms with Gasteiger partial charge >= 0.3 is 12.1 Å². The van der Waals surface area contributed by atoms with Gasteiger partial charge in [0, 0.05) is 0 Å². The molecule has 1 aliphatic carbocycles. The maximum Gasteiger partial charge on any atom is 0.404 e. The molecule has 5 heteroatoms. The van der Waals surface area contributed by atoms with Crippen molar-refractivity contribution in [3.8, 4) is 0 Å². The summed E-state index contributed by atoms with van der Waals surface area (Å²) in [5.74, 6) is -0.613. The van der Waals surface area contributed by atoms with Crippen molar-refractivity contribution in [2.45, 2.75) is 65.5 Å². The van der Waals surface area contributed by atoms with Gasteiger partial charge in [-0.1, -0.05) is 26.2 Å². The molecular formula is C15H23F3O2. The van der Waals surface area contributed by atoms with Crippen molar-refractivity contribution in [3.05, 3.63) is 11.8 Å². The van der Waals surface area contributed by atoms with Crippen LogP contribution in [-0.2, 0) is 9.53 Å². The van der Waals surface area contributed by atoms with Crippen LogP contribution in [0.1, 0.15) is 59.3 Å². The molecule has 0 spiro atoms. The molecule has 0 heterocycles. The number of allylic oxidation sites excluding steroid dienone is 2. The predicted octanol–water partition coefficient (Wildman–Crippen LogP) is 4.99. The molecule has 116 valence electrons.